The van der Waals surface area contributed by atoms with Crippen molar-refractivity contribution < 1.29 is 14.3 Å². The Labute approximate surface area is 122 Å². The van der Waals surface area contributed by atoms with Crippen LogP contribution >= 0.6 is 23.2 Å². The minimum Gasteiger partial charge on any atom is -0.469 e. The number of carbonyl (C=O) groups is 1. The summed E-state index contributed by atoms with van der Waals surface area (Å²) >= 11 is 11.9. The number of hydrogen-bond donors (Lipinski definition) is 0. The van der Waals surface area contributed by atoms with Gasteiger partial charge in [-0.15, -0.1) is 0 Å². The van der Waals surface area contributed by atoms with E-state index in [-0.39, 0.29) is 12.4 Å². The van der Waals surface area contributed by atoms with Crippen LogP contribution in [0.1, 0.15) is 6.42 Å². The van der Waals surface area contributed by atoms with Gasteiger partial charge in [0, 0.05) is 26.4 Å². The van der Waals surface area contributed by atoms with Gasteiger partial charge in [0.1, 0.15) is 5.82 Å². The van der Waals surface area contributed by atoms with E-state index in [4.69, 9.17) is 27.9 Å². The molecule has 0 atom stereocenters. The van der Waals surface area contributed by atoms with E-state index in [0.717, 1.165) is 0 Å². The maximum atomic E-state index is 11.2. The molecule has 7 heteroatoms. The van der Waals surface area contributed by atoms with Crippen molar-refractivity contribution in [2.75, 3.05) is 38.8 Å². The van der Waals surface area contributed by atoms with Crippen molar-refractivity contribution in [1.29, 1.82) is 0 Å². The number of methoxy groups -OCH3 is 2. The van der Waals surface area contributed by atoms with Crippen molar-refractivity contribution in [2.45, 2.75) is 6.42 Å². The Morgan fingerprint density at radius 2 is 2.11 bits per heavy atom. The summed E-state index contributed by atoms with van der Waals surface area (Å²) in [7, 11) is 2.96. The average molecular weight is 307 g/mol. The van der Waals surface area contributed by atoms with Crippen molar-refractivity contribution >= 4 is 35.0 Å². The molecule has 19 heavy (non-hydrogen) atoms. The largest absolute Gasteiger partial charge is 0.469 e. The van der Waals surface area contributed by atoms with Gasteiger partial charge in [-0.3, -0.25) is 4.79 Å². The van der Waals surface area contributed by atoms with Gasteiger partial charge in [-0.1, -0.05) is 23.2 Å². The molecule has 1 rings (SSSR count). The van der Waals surface area contributed by atoms with Crippen LogP contribution in [0.25, 0.3) is 0 Å². The number of aromatic nitrogens is 1. The highest BCUT2D eigenvalue weighted by molar-refractivity contribution is 6.36. The number of ether oxygens (including phenoxy) is 2. The molecule has 0 amide bonds. The van der Waals surface area contributed by atoms with E-state index in [9.17, 15) is 4.79 Å². The lowest BCUT2D eigenvalue weighted by Gasteiger charge is -2.23. The van der Waals surface area contributed by atoms with Crippen molar-refractivity contribution in [3.05, 3.63) is 22.3 Å². The normalized spacial score (nSPS) is 10.3. The lowest BCUT2D eigenvalue weighted by Crippen LogP contribution is -2.30. The molecular weight excluding hydrogens is 291 g/mol. The first-order valence-corrected chi connectivity index (χ1v) is 6.45. The van der Waals surface area contributed by atoms with Gasteiger partial charge in [0.15, 0.2) is 0 Å². The van der Waals surface area contributed by atoms with E-state index in [1.54, 1.807) is 13.2 Å². The van der Waals surface area contributed by atoms with E-state index in [2.05, 4.69) is 9.72 Å². The van der Waals surface area contributed by atoms with E-state index in [1.165, 1.54) is 13.3 Å². The van der Waals surface area contributed by atoms with Crippen LogP contribution in [0.2, 0.25) is 10.0 Å². The topological polar surface area (TPSA) is 51.7 Å². The lowest BCUT2D eigenvalue weighted by molar-refractivity contribution is -0.140. The number of hydrogen-bond acceptors (Lipinski definition) is 5. The highest BCUT2D eigenvalue weighted by Crippen LogP contribution is 2.26. The molecule has 1 aromatic rings. The van der Waals surface area contributed by atoms with Crippen molar-refractivity contribution in [1.82, 2.24) is 4.98 Å². The van der Waals surface area contributed by atoms with Gasteiger partial charge in [0.2, 0.25) is 0 Å². The van der Waals surface area contributed by atoms with Crippen LogP contribution in [0.5, 0.6) is 0 Å². The van der Waals surface area contributed by atoms with Gasteiger partial charge >= 0.3 is 5.97 Å². The van der Waals surface area contributed by atoms with E-state index < -0.39 is 0 Å². The zero-order valence-electron chi connectivity index (χ0n) is 10.9. The van der Waals surface area contributed by atoms with Gasteiger partial charge in [0.05, 0.1) is 30.2 Å². The first-order valence-electron chi connectivity index (χ1n) is 5.70. The minimum absolute atomic E-state index is 0.251. The molecule has 0 saturated heterocycles. The van der Waals surface area contributed by atoms with Crippen LogP contribution in [-0.2, 0) is 14.3 Å². The molecule has 5 nitrogen and oxygen atoms in total. The number of anilines is 1. The zero-order valence-corrected chi connectivity index (χ0v) is 12.4. The quantitative estimate of drug-likeness (QED) is 0.724. The second-order valence-electron chi connectivity index (χ2n) is 3.76. The monoisotopic (exact) mass is 306 g/mol. The average Bonchev–Trinajstić information content (AvgIpc) is 2.39. The minimum atomic E-state index is -0.285. The first kappa shape index (κ1) is 16.0. The summed E-state index contributed by atoms with van der Waals surface area (Å²) in [6.07, 6.45) is 1.77. The Bertz CT molecular complexity index is 429. The highest BCUT2D eigenvalue weighted by atomic mass is 35.5. The zero-order chi connectivity index (χ0) is 14.3. The summed E-state index contributed by atoms with van der Waals surface area (Å²) in [5, 5.41) is 0.905. The van der Waals surface area contributed by atoms with E-state index in [0.29, 0.717) is 35.6 Å². The van der Waals surface area contributed by atoms with Crippen LogP contribution in [0.4, 0.5) is 5.82 Å². The summed E-state index contributed by atoms with van der Waals surface area (Å²) in [5.74, 6) is 0.291. The molecule has 1 aromatic heterocycles. The SMILES string of the molecule is COCCN(CCC(=O)OC)c1ncc(Cl)cc1Cl. The van der Waals surface area contributed by atoms with Gasteiger partial charge in [-0.2, -0.15) is 0 Å². The molecule has 0 aromatic carbocycles. The van der Waals surface area contributed by atoms with Gasteiger partial charge in [0.25, 0.3) is 0 Å². The van der Waals surface area contributed by atoms with E-state index >= 15 is 0 Å². The molecule has 0 radical (unpaired) electrons. The summed E-state index contributed by atoms with van der Waals surface area (Å²) in [5.41, 5.74) is 0. The van der Waals surface area contributed by atoms with Crippen molar-refractivity contribution in [3.8, 4) is 0 Å². The fourth-order valence-electron chi connectivity index (χ4n) is 1.49. The molecular formula is C12H16Cl2N2O3. The summed E-state index contributed by atoms with van der Waals surface area (Å²) in [6, 6.07) is 1.61. The van der Waals surface area contributed by atoms with Crippen molar-refractivity contribution in [3.63, 3.8) is 0 Å². The summed E-state index contributed by atoms with van der Waals surface area (Å²) in [6.45, 7) is 1.52. The Kier molecular flexibility index (Phi) is 6.91. The number of halogens is 2. The molecule has 0 bridgehead atoms. The highest BCUT2D eigenvalue weighted by Gasteiger charge is 2.14. The third-order valence-corrected chi connectivity index (χ3v) is 2.95. The lowest BCUT2D eigenvalue weighted by atomic mass is 10.3. The maximum absolute atomic E-state index is 11.2. The van der Waals surface area contributed by atoms with Crippen LogP contribution in [0.15, 0.2) is 12.3 Å². The molecule has 0 saturated carbocycles. The molecule has 0 spiro atoms. The molecule has 1 heterocycles. The first-order chi connectivity index (χ1) is 9.08. The molecule has 0 aliphatic heterocycles. The van der Waals surface area contributed by atoms with Crippen LogP contribution in [-0.4, -0.2) is 44.9 Å². The van der Waals surface area contributed by atoms with Gasteiger partial charge in [-0.05, 0) is 6.07 Å². The Morgan fingerprint density at radius 3 is 2.68 bits per heavy atom. The van der Waals surface area contributed by atoms with Gasteiger partial charge < -0.3 is 14.4 Å². The fourth-order valence-corrected chi connectivity index (χ4v) is 1.99. The Morgan fingerprint density at radius 1 is 1.37 bits per heavy atom. The molecule has 0 fully saturated rings. The maximum Gasteiger partial charge on any atom is 0.307 e. The Balaban J connectivity index is 2.79. The molecule has 0 aliphatic carbocycles. The third-order valence-electron chi connectivity index (χ3n) is 2.47. The van der Waals surface area contributed by atoms with Gasteiger partial charge in [-0.25, -0.2) is 4.98 Å². The van der Waals surface area contributed by atoms with Crippen LogP contribution in [0, 0.1) is 0 Å². The molecule has 106 valence electrons. The standard InChI is InChI=1S/C12H16Cl2N2O3/c1-18-6-5-16(4-3-11(17)19-2)12-10(14)7-9(13)8-15-12/h7-8H,3-6H2,1-2H3. The Hall–Kier alpha value is -1.04. The molecule has 0 N–H and O–H groups in total. The molecule has 0 unspecified atom stereocenters. The number of esters is 1. The number of pyridine rings is 1. The second kappa shape index (κ2) is 8.19. The predicted octanol–water partition coefficient (Wildman–Crippen LogP) is 2.40. The van der Waals surface area contributed by atoms with Crippen LogP contribution < -0.4 is 4.90 Å². The fraction of sp³-hybridized carbons (Fsp3) is 0.500. The number of carbonyl (C=O) groups excluding carboxylic acids is 1. The number of nitrogens with zero attached hydrogens (tertiary/aromatic N) is 2. The summed E-state index contributed by atoms with van der Waals surface area (Å²) < 4.78 is 9.65. The molecule has 0 aliphatic rings. The third kappa shape index (κ3) is 5.22. The summed E-state index contributed by atoms with van der Waals surface area (Å²) in [4.78, 5) is 17.3. The number of rotatable bonds is 7. The smallest absolute Gasteiger partial charge is 0.307 e. The second-order valence-corrected chi connectivity index (χ2v) is 4.61. The van der Waals surface area contributed by atoms with Crippen LogP contribution in [0.3, 0.4) is 0 Å². The van der Waals surface area contributed by atoms with E-state index in [1.807, 2.05) is 4.90 Å². The predicted molar refractivity (Wildman–Crippen MR) is 75.0 cm³/mol. The van der Waals surface area contributed by atoms with Crippen molar-refractivity contribution in [2.24, 2.45) is 0 Å².